The maximum atomic E-state index is 11.1. The molecule has 0 amide bonds. The number of carbonyl (C=O) groups excluding carboxylic acids is 1. The summed E-state index contributed by atoms with van der Waals surface area (Å²) in [6.07, 6.45) is 0. The maximum absolute atomic E-state index is 11.1. The molecule has 1 aromatic rings. The molecule has 88 valence electrons. The highest BCUT2D eigenvalue weighted by Crippen LogP contribution is 2.25. The Labute approximate surface area is 108 Å². The first kappa shape index (κ1) is 13.4. The van der Waals surface area contributed by atoms with Crippen LogP contribution in [0.25, 0.3) is 0 Å². The molecule has 0 radical (unpaired) electrons. The zero-order chi connectivity index (χ0) is 12.0. The molecule has 1 rings (SSSR count). The number of alkyl halides is 1. The second-order valence-electron chi connectivity index (χ2n) is 2.98. The van der Waals surface area contributed by atoms with Crippen molar-refractivity contribution in [3.05, 3.63) is 24.3 Å². The van der Waals surface area contributed by atoms with Crippen LogP contribution in [0.3, 0.4) is 0 Å². The second-order valence-corrected chi connectivity index (χ2v) is 5.18. The Balaban J connectivity index is 2.51. The number of thioether (sulfide) groups is 1. The Hall–Kier alpha value is -0.680. The molecule has 1 unspecified atom stereocenters. The highest BCUT2D eigenvalue weighted by Gasteiger charge is 2.15. The monoisotopic (exact) mass is 304 g/mol. The number of hydrogen-bond acceptors (Lipinski definition) is 4. The molecule has 0 aliphatic heterocycles. The highest BCUT2D eigenvalue weighted by atomic mass is 79.9. The highest BCUT2D eigenvalue weighted by molar-refractivity contribution is 9.10. The summed E-state index contributed by atoms with van der Waals surface area (Å²) >= 11 is 4.84. The summed E-state index contributed by atoms with van der Waals surface area (Å²) in [5.74, 6) is 1.18. The standard InChI is InChI=1S/C11H13BrO3S/c1-14-8-4-3-5-9(6-8)16-7-10(12)11(13)15-2/h3-6,10H,7H2,1-2H3. The van der Waals surface area contributed by atoms with Gasteiger partial charge in [-0.3, -0.25) is 4.79 Å². The van der Waals surface area contributed by atoms with Crippen LogP contribution in [0.5, 0.6) is 5.75 Å². The Morgan fingerprint density at radius 3 is 2.88 bits per heavy atom. The SMILES string of the molecule is COC(=O)C(Br)CSc1cccc(OC)c1. The first-order valence-corrected chi connectivity index (χ1v) is 6.56. The molecule has 0 aromatic heterocycles. The first-order valence-electron chi connectivity index (χ1n) is 4.66. The zero-order valence-electron chi connectivity index (χ0n) is 9.10. The molecule has 0 aliphatic rings. The third kappa shape index (κ3) is 4.06. The Morgan fingerprint density at radius 2 is 2.25 bits per heavy atom. The van der Waals surface area contributed by atoms with Crippen LogP contribution in [0, 0.1) is 0 Å². The van der Waals surface area contributed by atoms with Crippen molar-refractivity contribution in [3.8, 4) is 5.75 Å². The van der Waals surface area contributed by atoms with Gasteiger partial charge in [0.2, 0.25) is 0 Å². The molecule has 5 heteroatoms. The van der Waals surface area contributed by atoms with Crippen LogP contribution in [0.2, 0.25) is 0 Å². The van der Waals surface area contributed by atoms with Crippen molar-refractivity contribution in [2.45, 2.75) is 9.72 Å². The van der Waals surface area contributed by atoms with Crippen molar-refractivity contribution in [1.29, 1.82) is 0 Å². The van der Waals surface area contributed by atoms with Crippen LogP contribution in [0.1, 0.15) is 0 Å². The van der Waals surface area contributed by atoms with E-state index in [4.69, 9.17) is 4.74 Å². The summed E-state index contributed by atoms with van der Waals surface area (Å²) in [6.45, 7) is 0. The molecule has 0 saturated carbocycles. The number of hydrogen-bond donors (Lipinski definition) is 0. The minimum Gasteiger partial charge on any atom is -0.497 e. The molecule has 0 saturated heterocycles. The van der Waals surface area contributed by atoms with Crippen molar-refractivity contribution >= 4 is 33.7 Å². The van der Waals surface area contributed by atoms with Crippen LogP contribution >= 0.6 is 27.7 Å². The molecular formula is C11H13BrO3S. The fourth-order valence-corrected chi connectivity index (χ4v) is 2.49. The van der Waals surface area contributed by atoms with Crippen molar-refractivity contribution in [2.24, 2.45) is 0 Å². The summed E-state index contributed by atoms with van der Waals surface area (Å²) in [6, 6.07) is 7.71. The predicted octanol–water partition coefficient (Wildman–Crippen LogP) is 2.72. The van der Waals surface area contributed by atoms with Crippen LogP contribution in [0.15, 0.2) is 29.2 Å². The van der Waals surface area contributed by atoms with Gasteiger partial charge in [-0.05, 0) is 18.2 Å². The third-order valence-corrected chi connectivity index (χ3v) is 4.11. The molecule has 0 aliphatic carbocycles. The van der Waals surface area contributed by atoms with E-state index >= 15 is 0 Å². The lowest BCUT2D eigenvalue weighted by molar-refractivity contribution is -0.139. The van der Waals surface area contributed by atoms with Crippen LogP contribution < -0.4 is 4.74 Å². The average Bonchev–Trinajstić information content (AvgIpc) is 2.35. The number of carbonyl (C=O) groups is 1. The molecule has 16 heavy (non-hydrogen) atoms. The van der Waals surface area contributed by atoms with E-state index in [-0.39, 0.29) is 10.8 Å². The van der Waals surface area contributed by atoms with E-state index < -0.39 is 0 Å². The van der Waals surface area contributed by atoms with Gasteiger partial charge >= 0.3 is 5.97 Å². The minimum atomic E-state index is -0.284. The van der Waals surface area contributed by atoms with Gasteiger partial charge in [0.25, 0.3) is 0 Å². The van der Waals surface area contributed by atoms with Crippen molar-refractivity contribution in [1.82, 2.24) is 0 Å². The van der Waals surface area contributed by atoms with Crippen LogP contribution in [-0.4, -0.2) is 30.8 Å². The van der Waals surface area contributed by atoms with Gasteiger partial charge in [-0.1, -0.05) is 22.0 Å². The van der Waals surface area contributed by atoms with Gasteiger partial charge in [0, 0.05) is 10.6 Å². The van der Waals surface area contributed by atoms with E-state index in [1.165, 1.54) is 7.11 Å². The Kier molecular flexibility index (Phi) is 5.69. The lowest BCUT2D eigenvalue weighted by Crippen LogP contribution is -2.17. The Bertz CT molecular complexity index is 357. The zero-order valence-corrected chi connectivity index (χ0v) is 11.5. The van der Waals surface area contributed by atoms with Gasteiger partial charge in [0.15, 0.2) is 0 Å². The number of benzene rings is 1. The van der Waals surface area contributed by atoms with Crippen molar-refractivity contribution in [3.63, 3.8) is 0 Å². The summed E-state index contributed by atoms with van der Waals surface area (Å²) in [7, 11) is 3.01. The molecule has 0 spiro atoms. The lowest BCUT2D eigenvalue weighted by Gasteiger charge is -2.07. The molecule has 0 bridgehead atoms. The summed E-state index contributed by atoms with van der Waals surface area (Å²) in [4.78, 5) is 11.9. The third-order valence-electron chi connectivity index (χ3n) is 1.89. The normalized spacial score (nSPS) is 11.9. The maximum Gasteiger partial charge on any atom is 0.320 e. The quantitative estimate of drug-likeness (QED) is 0.476. The fourth-order valence-electron chi connectivity index (χ4n) is 1.06. The van der Waals surface area contributed by atoms with E-state index in [0.29, 0.717) is 5.75 Å². The van der Waals surface area contributed by atoms with E-state index in [1.807, 2.05) is 24.3 Å². The van der Waals surface area contributed by atoms with Gasteiger partial charge in [-0.2, -0.15) is 0 Å². The molecule has 3 nitrogen and oxygen atoms in total. The summed E-state index contributed by atoms with van der Waals surface area (Å²) in [5.41, 5.74) is 0. The van der Waals surface area contributed by atoms with Crippen LogP contribution in [-0.2, 0) is 9.53 Å². The molecule has 1 atom stereocenters. The largest absolute Gasteiger partial charge is 0.497 e. The number of methoxy groups -OCH3 is 2. The topological polar surface area (TPSA) is 35.5 Å². The van der Waals surface area contributed by atoms with Crippen LogP contribution in [0.4, 0.5) is 0 Å². The van der Waals surface area contributed by atoms with Crippen molar-refractivity contribution in [2.75, 3.05) is 20.0 Å². The minimum absolute atomic E-state index is 0.254. The van der Waals surface area contributed by atoms with Crippen molar-refractivity contribution < 1.29 is 14.3 Å². The van der Waals surface area contributed by atoms with Gasteiger partial charge in [-0.15, -0.1) is 11.8 Å². The molecular weight excluding hydrogens is 292 g/mol. The molecule has 0 fully saturated rings. The van der Waals surface area contributed by atoms with Gasteiger partial charge in [-0.25, -0.2) is 0 Å². The van der Waals surface area contributed by atoms with E-state index in [1.54, 1.807) is 18.9 Å². The van der Waals surface area contributed by atoms with E-state index in [9.17, 15) is 4.79 Å². The predicted molar refractivity (Wildman–Crippen MR) is 68.4 cm³/mol. The smallest absolute Gasteiger partial charge is 0.320 e. The van der Waals surface area contributed by atoms with E-state index in [0.717, 1.165) is 10.6 Å². The first-order chi connectivity index (χ1) is 7.67. The van der Waals surface area contributed by atoms with Gasteiger partial charge in [0.1, 0.15) is 10.6 Å². The molecule has 0 N–H and O–H groups in total. The summed E-state index contributed by atoms with van der Waals surface area (Å²) < 4.78 is 9.74. The lowest BCUT2D eigenvalue weighted by atomic mass is 10.3. The summed E-state index contributed by atoms with van der Waals surface area (Å²) in [5, 5.41) is 0. The van der Waals surface area contributed by atoms with Gasteiger partial charge < -0.3 is 9.47 Å². The number of rotatable bonds is 5. The number of ether oxygens (including phenoxy) is 2. The molecule has 1 aromatic carbocycles. The van der Waals surface area contributed by atoms with E-state index in [2.05, 4.69) is 20.7 Å². The number of esters is 1. The fraction of sp³-hybridized carbons (Fsp3) is 0.364. The van der Waals surface area contributed by atoms with Gasteiger partial charge in [0.05, 0.1) is 14.2 Å². The number of halogens is 1. The Morgan fingerprint density at radius 1 is 1.50 bits per heavy atom. The second kappa shape index (κ2) is 6.81. The average molecular weight is 305 g/mol. The molecule has 0 heterocycles.